The summed E-state index contributed by atoms with van der Waals surface area (Å²) in [6.45, 7) is 3.85. The van der Waals surface area contributed by atoms with Crippen LogP contribution in [0, 0.1) is 6.92 Å². The molecule has 0 amide bonds. The van der Waals surface area contributed by atoms with Crippen LogP contribution in [0.4, 0.5) is 0 Å². The smallest absolute Gasteiger partial charge is 0.134 e. The Balaban J connectivity index is 1.53. The number of para-hydroxylation sites is 1. The zero-order valence-electron chi connectivity index (χ0n) is 11.6. The van der Waals surface area contributed by atoms with Gasteiger partial charge in [-0.3, -0.25) is 0 Å². The predicted octanol–water partition coefficient (Wildman–Crippen LogP) is 3.19. The van der Waals surface area contributed by atoms with Crippen molar-refractivity contribution < 1.29 is 4.42 Å². The summed E-state index contributed by atoms with van der Waals surface area (Å²) in [4.78, 5) is 7.34. The number of furan rings is 1. The molecule has 2 N–H and O–H groups in total. The third-order valence-electron chi connectivity index (χ3n) is 3.52. The molecule has 0 radical (unpaired) electrons. The molecule has 20 heavy (non-hydrogen) atoms. The number of imidazole rings is 1. The number of aromatic nitrogens is 2. The molecule has 1 aromatic carbocycles. The Kier molecular flexibility index (Phi) is 3.83. The zero-order chi connectivity index (χ0) is 13.8. The van der Waals surface area contributed by atoms with Gasteiger partial charge in [-0.1, -0.05) is 18.2 Å². The number of aromatic amines is 1. The number of rotatable bonds is 6. The van der Waals surface area contributed by atoms with Gasteiger partial charge in [0.2, 0.25) is 0 Å². The van der Waals surface area contributed by atoms with Gasteiger partial charge in [-0.05, 0) is 26.0 Å². The molecular weight excluding hydrogens is 250 g/mol. The molecule has 4 nitrogen and oxygen atoms in total. The number of aryl methyl sites for hydroxylation is 2. The average Bonchev–Trinajstić information content (AvgIpc) is 3.06. The van der Waals surface area contributed by atoms with E-state index in [1.165, 1.54) is 10.9 Å². The molecule has 104 valence electrons. The first kappa shape index (κ1) is 12.9. The van der Waals surface area contributed by atoms with E-state index in [1.54, 1.807) is 6.20 Å². The van der Waals surface area contributed by atoms with Crippen molar-refractivity contribution in [2.75, 3.05) is 6.54 Å². The van der Waals surface area contributed by atoms with Gasteiger partial charge in [0.05, 0.1) is 0 Å². The van der Waals surface area contributed by atoms with Crippen molar-refractivity contribution >= 4 is 11.0 Å². The van der Waals surface area contributed by atoms with Gasteiger partial charge in [0, 0.05) is 36.3 Å². The van der Waals surface area contributed by atoms with Crippen LogP contribution in [0.1, 0.15) is 23.6 Å². The molecule has 0 saturated carbocycles. The van der Waals surface area contributed by atoms with Gasteiger partial charge in [0.15, 0.2) is 0 Å². The van der Waals surface area contributed by atoms with Gasteiger partial charge in [-0.2, -0.15) is 0 Å². The zero-order valence-corrected chi connectivity index (χ0v) is 11.6. The number of hydrogen-bond acceptors (Lipinski definition) is 3. The Labute approximate surface area is 118 Å². The van der Waals surface area contributed by atoms with Crippen LogP contribution in [-0.4, -0.2) is 16.5 Å². The summed E-state index contributed by atoms with van der Waals surface area (Å²) < 4.78 is 5.76. The number of H-pyrrole nitrogens is 1. The largest absolute Gasteiger partial charge is 0.461 e. The van der Waals surface area contributed by atoms with Crippen molar-refractivity contribution in [3.8, 4) is 0 Å². The number of benzene rings is 1. The van der Waals surface area contributed by atoms with Gasteiger partial charge in [-0.15, -0.1) is 0 Å². The minimum Gasteiger partial charge on any atom is -0.461 e. The van der Waals surface area contributed by atoms with Crippen molar-refractivity contribution in [2.24, 2.45) is 0 Å². The minimum atomic E-state index is 0.848. The molecule has 0 atom stereocenters. The highest BCUT2D eigenvalue weighted by Gasteiger charge is 2.09. The highest BCUT2D eigenvalue weighted by atomic mass is 16.3. The molecule has 3 aromatic rings. The maximum atomic E-state index is 5.76. The van der Waals surface area contributed by atoms with Gasteiger partial charge < -0.3 is 14.7 Å². The predicted molar refractivity (Wildman–Crippen MR) is 79.6 cm³/mol. The molecule has 2 heterocycles. The first-order chi connectivity index (χ1) is 9.84. The van der Waals surface area contributed by atoms with Crippen molar-refractivity contribution in [1.29, 1.82) is 0 Å². The Morgan fingerprint density at radius 1 is 1.30 bits per heavy atom. The summed E-state index contributed by atoms with van der Waals surface area (Å²) in [5.74, 6) is 2.06. The molecular formula is C16H19N3O. The number of fused-ring (bicyclic) bond motifs is 1. The topological polar surface area (TPSA) is 53.9 Å². The fourth-order valence-electron chi connectivity index (χ4n) is 2.47. The van der Waals surface area contributed by atoms with E-state index < -0.39 is 0 Å². The van der Waals surface area contributed by atoms with E-state index >= 15 is 0 Å². The summed E-state index contributed by atoms with van der Waals surface area (Å²) in [7, 11) is 0. The summed E-state index contributed by atoms with van der Waals surface area (Å²) in [5, 5.41) is 4.69. The fraction of sp³-hybridized carbons (Fsp3) is 0.312. The van der Waals surface area contributed by atoms with Crippen LogP contribution in [0.15, 0.2) is 41.1 Å². The van der Waals surface area contributed by atoms with E-state index in [4.69, 9.17) is 4.42 Å². The first-order valence-electron chi connectivity index (χ1n) is 7.00. The molecule has 0 aliphatic carbocycles. The van der Waals surface area contributed by atoms with E-state index in [0.29, 0.717) is 0 Å². The molecule has 0 fully saturated rings. The fourth-order valence-corrected chi connectivity index (χ4v) is 2.47. The van der Waals surface area contributed by atoms with Crippen molar-refractivity contribution in [1.82, 2.24) is 15.3 Å². The van der Waals surface area contributed by atoms with Gasteiger partial charge in [0.25, 0.3) is 0 Å². The molecule has 0 spiro atoms. The summed E-state index contributed by atoms with van der Waals surface area (Å²) in [6, 6.07) is 8.19. The maximum Gasteiger partial charge on any atom is 0.134 e. The molecule has 4 heteroatoms. The van der Waals surface area contributed by atoms with Crippen LogP contribution in [0.2, 0.25) is 0 Å². The molecule has 2 aromatic heterocycles. The molecule has 0 bridgehead atoms. The highest BCUT2D eigenvalue weighted by Crippen LogP contribution is 2.24. The standard InChI is InChI=1S/C16H19N3O/c1-12-14(13-5-2-3-6-15(13)20-12)11-17-8-4-7-16-18-9-10-19-16/h2-3,5-6,9-10,17H,4,7-8,11H2,1H3,(H,18,19). The van der Waals surface area contributed by atoms with Crippen LogP contribution in [0.3, 0.4) is 0 Å². The normalized spacial score (nSPS) is 11.2. The molecule has 0 aliphatic rings. The van der Waals surface area contributed by atoms with E-state index in [1.807, 2.05) is 25.3 Å². The minimum absolute atomic E-state index is 0.848. The van der Waals surface area contributed by atoms with Crippen LogP contribution in [0.5, 0.6) is 0 Å². The summed E-state index contributed by atoms with van der Waals surface area (Å²) >= 11 is 0. The second kappa shape index (κ2) is 5.92. The van der Waals surface area contributed by atoms with E-state index in [9.17, 15) is 0 Å². The lowest BCUT2D eigenvalue weighted by Gasteiger charge is -2.03. The van der Waals surface area contributed by atoms with Crippen LogP contribution in [0.25, 0.3) is 11.0 Å². The van der Waals surface area contributed by atoms with Gasteiger partial charge in [-0.25, -0.2) is 4.98 Å². The van der Waals surface area contributed by atoms with Crippen LogP contribution >= 0.6 is 0 Å². The Morgan fingerprint density at radius 3 is 3.05 bits per heavy atom. The van der Waals surface area contributed by atoms with Gasteiger partial charge in [0.1, 0.15) is 17.2 Å². The van der Waals surface area contributed by atoms with E-state index in [2.05, 4.69) is 27.4 Å². The van der Waals surface area contributed by atoms with Gasteiger partial charge >= 0.3 is 0 Å². The van der Waals surface area contributed by atoms with Crippen LogP contribution in [-0.2, 0) is 13.0 Å². The second-order valence-corrected chi connectivity index (χ2v) is 4.95. The molecule has 0 saturated heterocycles. The van der Waals surface area contributed by atoms with E-state index in [-0.39, 0.29) is 0 Å². The van der Waals surface area contributed by atoms with Crippen molar-refractivity contribution in [3.05, 3.63) is 53.8 Å². The molecule has 0 unspecified atom stereocenters. The first-order valence-corrected chi connectivity index (χ1v) is 7.00. The summed E-state index contributed by atoms with van der Waals surface area (Å²) in [5.41, 5.74) is 2.23. The number of hydrogen-bond donors (Lipinski definition) is 2. The van der Waals surface area contributed by atoms with E-state index in [0.717, 1.165) is 43.1 Å². The number of nitrogens with one attached hydrogen (secondary N) is 2. The molecule has 3 rings (SSSR count). The van der Waals surface area contributed by atoms with Crippen molar-refractivity contribution in [3.63, 3.8) is 0 Å². The second-order valence-electron chi connectivity index (χ2n) is 4.95. The Morgan fingerprint density at radius 2 is 2.20 bits per heavy atom. The highest BCUT2D eigenvalue weighted by molar-refractivity contribution is 5.82. The summed E-state index contributed by atoms with van der Waals surface area (Å²) in [6.07, 6.45) is 5.71. The SMILES string of the molecule is Cc1oc2ccccc2c1CNCCCc1ncc[nH]1. The lowest BCUT2D eigenvalue weighted by molar-refractivity contribution is 0.562. The average molecular weight is 269 g/mol. The monoisotopic (exact) mass is 269 g/mol. The van der Waals surface area contributed by atoms with Crippen molar-refractivity contribution in [2.45, 2.75) is 26.3 Å². The third kappa shape index (κ3) is 2.75. The Hall–Kier alpha value is -2.07. The quantitative estimate of drug-likeness (QED) is 0.676. The lowest BCUT2D eigenvalue weighted by atomic mass is 10.1. The molecule has 0 aliphatic heterocycles. The van der Waals surface area contributed by atoms with Crippen LogP contribution < -0.4 is 5.32 Å². The Bertz CT molecular complexity index is 670. The number of nitrogens with zero attached hydrogens (tertiary/aromatic N) is 1. The maximum absolute atomic E-state index is 5.76. The lowest BCUT2D eigenvalue weighted by Crippen LogP contribution is -2.15. The third-order valence-corrected chi connectivity index (χ3v) is 3.52.